The third kappa shape index (κ3) is 3.69. The fraction of sp³-hybridized carbons (Fsp3) is 0.400. The number of carbonyl (C=O) groups is 3. The topological polar surface area (TPSA) is 57.7 Å². The summed E-state index contributed by atoms with van der Waals surface area (Å²) in [5.74, 6) is -0.823. The predicted molar refractivity (Wildman–Crippen MR) is 128 cm³/mol. The van der Waals surface area contributed by atoms with Gasteiger partial charge in [-0.1, -0.05) is 58.0 Å². The van der Waals surface area contributed by atoms with Gasteiger partial charge in [-0.3, -0.25) is 14.4 Å². The number of benzene rings is 2. The Morgan fingerprint density at radius 1 is 1.00 bits per heavy atom. The first-order valence-corrected chi connectivity index (χ1v) is 11.6. The number of halogens is 1. The summed E-state index contributed by atoms with van der Waals surface area (Å²) in [4.78, 5) is 42.9. The van der Waals surface area contributed by atoms with Gasteiger partial charge in [0.2, 0.25) is 11.8 Å². The molecular weight excluding hydrogens is 503 g/mol. The number of imide groups is 1. The molecule has 162 valence electrons. The highest BCUT2D eigenvalue weighted by atomic mass is 127. The molecule has 3 amide bonds. The Hall–Kier alpha value is -2.22. The Labute approximate surface area is 196 Å². The van der Waals surface area contributed by atoms with Crippen LogP contribution in [-0.4, -0.2) is 28.7 Å². The van der Waals surface area contributed by atoms with Crippen molar-refractivity contribution in [1.82, 2.24) is 4.90 Å². The van der Waals surface area contributed by atoms with Gasteiger partial charge in [0, 0.05) is 16.0 Å². The molecule has 0 bridgehead atoms. The van der Waals surface area contributed by atoms with Crippen molar-refractivity contribution in [3.8, 4) is 0 Å². The molecule has 31 heavy (non-hydrogen) atoms. The molecule has 1 aliphatic heterocycles. The van der Waals surface area contributed by atoms with Crippen molar-refractivity contribution in [1.29, 1.82) is 0 Å². The van der Waals surface area contributed by atoms with Crippen molar-refractivity contribution in [2.24, 2.45) is 16.7 Å². The van der Waals surface area contributed by atoms with E-state index in [-0.39, 0.29) is 40.9 Å². The average Bonchev–Trinajstić information content (AvgIpc) is 2.96. The molecule has 0 aromatic heterocycles. The summed E-state index contributed by atoms with van der Waals surface area (Å²) >= 11 is 2.19. The lowest BCUT2D eigenvalue weighted by Crippen LogP contribution is -2.46. The van der Waals surface area contributed by atoms with Gasteiger partial charge < -0.3 is 4.90 Å². The second-order valence-electron chi connectivity index (χ2n) is 9.59. The van der Waals surface area contributed by atoms with Crippen molar-refractivity contribution in [2.75, 3.05) is 4.90 Å². The Bertz CT molecular complexity index is 1020. The molecule has 6 heteroatoms. The maximum absolute atomic E-state index is 13.7. The van der Waals surface area contributed by atoms with E-state index in [1.807, 2.05) is 42.5 Å². The molecule has 0 N–H and O–H groups in total. The molecular formula is C25H27IN2O3. The Balaban J connectivity index is 1.67. The van der Waals surface area contributed by atoms with Crippen LogP contribution in [0.5, 0.6) is 0 Å². The molecule has 0 radical (unpaired) electrons. The standard InChI is InChI=1S/C25H27IN2O3/c1-24(2)21(25(24,3)4)23(31)27(15-16-8-6-5-7-9-16)19-14-20(29)28(22(19)30)18-12-10-17(26)11-13-18/h5-13,19,21H,14-15H2,1-4H3. The van der Waals surface area contributed by atoms with E-state index in [0.29, 0.717) is 12.2 Å². The van der Waals surface area contributed by atoms with Gasteiger partial charge in [-0.15, -0.1) is 0 Å². The third-order valence-electron chi connectivity index (χ3n) is 7.33. The summed E-state index contributed by atoms with van der Waals surface area (Å²) in [6, 6.07) is 16.1. The lowest BCUT2D eigenvalue weighted by molar-refractivity contribution is -0.141. The zero-order valence-corrected chi connectivity index (χ0v) is 20.4. The van der Waals surface area contributed by atoms with Gasteiger partial charge >= 0.3 is 0 Å². The fourth-order valence-corrected chi connectivity index (χ4v) is 5.18. The molecule has 2 aromatic rings. The second kappa shape index (κ2) is 7.73. The molecule has 1 atom stereocenters. The highest BCUT2D eigenvalue weighted by Crippen LogP contribution is 2.69. The van der Waals surface area contributed by atoms with Crippen LogP contribution in [0.3, 0.4) is 0 Å². The normalized spacial score (nSPS) is 22.0. The van der Waals surface area contributed by atoms with E-state index in [1.54, 1.807) is 17.0 Å². The largest absolute Gasteiger partial charge is 0.325 e. The molecule has 1 aliphatic carbocycles. The van der Waals surface area contributed by atoms with Crippen molar-refractivity contribution < 1.29 is 14.4 Å². The first-order chi connectivity index (χ1) is 14.6. The Morgan fingerprint density at radius 2 is 1.58 bits per heavy atom. The minimum absolute atomic E-state index is 0.0109. The zero-order valence-electron chi connectivity index (χ0n) is 18.3. The van der Waals surface area contributed by atoms with E-state index in [1.165, 1.54) is 4.90 Å². The lowest BCUT2D eigenvalue weighted by atomic mass is 10.0. The van der Waals surface area contributed by atoms with E-state index >= 15 is 0 Å². The molecule has 2 aliphatic rings. The molecule has 4 rings (SSSR count). The fourth-order valence-electron chi connectivity index (χ4n) is 4.82. The van der Waals surface area contributed by atoms with Crippen molar-refractivity contribution in [3.63, 3.8) is 0 Å². The van der Waals surface area contributed by atoms with Crippen LogP contribution < -0.4 is 4.90 Å². The number of rotatable bonds is 5. The quantitative estimate of drug-likeness (QED) is 0.419. The van der Waals surface area contributed by atoms with Crippen LogP contribution in [0.1, 0.15) is 39.7 Å². The van der Waals surface area contributed by atoms with E-state index < -0.39 is 6.04 Å². The average molecular weight is 530 g/mol. The number of anilines is 1. The molecule has 1 unspecified atom stereocenters. The molecule has 1 saturated carbocycles. The highest BCUT2D eigenvalue weighted by molar-refractivity contribution is 14.1. The smallest absolute Gasteiger partial charge is 0.257 e. The molecule has 5 nitrogen and oxygen atoms in total. The van der Waals surface area contributed by atoms with Gasteiger partial charge in [0.1, 0.15) is 6.04 Å². The predicted octanol–water partition coefficient (Wildman–Crippen LogP) is 4.63. The van der Waals surface area contributed by atoms with Crippen LogP contribution in [0.4, 0.5) is 5.69 Å². The lowest BCUT2D eigenvalue weighted by Gasteiger charge is -2.29. The molecule has 1 heterocycles. The van der Waals surface area contributed by atoms with Gasteiger partial charge in [-0.25, -0.2) is 4.90 Å². The SMILES string of the molecule is CC1(C)C(C(=O)N(Cc2ccccc2)C2CC(=O)N(c3ccc(I)cc3)C2=O)C1(C)C. The number of hydrogen-bond acceptors (Lipinski definition) is 3. The molecule has 2 fully saturated rings. The molecule has 0 spiro atoms. The highest BCUT2D eigenvalue weighted by Gasteiger charge is 2.69. The minimum Gasteiger partial charge on any atom is -0.325 e. The van der Waals surface area contributed by atoms with E-state index in [9.17, 15) is 14.4 Å². The van der Waals surface area contributed by atoms with Crippen molar-refractivity contribution in [3.05, 3.63) is 63.7 Å². The van der Waals surface area contributed by atoms with E-state index in [0.717, 1.165) is 9.13 Å². The number of hydrogen-bond donors (Lipinski definition) is 0. The van der Waals surface area contributed by atoms with Crippen LogP contribution >= 0.6 is 22.6 Å². The number of nitrogens with zero attached hydrogens (tertiary/aromatic N) is 2. The summed E-state index contributed by atoms with van der Waals surface area (Å²) in [5.41, 5.74) is 1.19. The van der Waals surface area contributed by atoms with Crippen LogP contribution in [-0.2, 0) is 20.9 Å². The van der Waals surface area contributed by atoms with Crippen LogP contribution in [0.25, 0.3) is 0 Å². The van der Waals surface area contributed by atoms with Gasteiger partial charge in [0.25, 0.3) is 5.91 Å². The Kier molecular flexibility index (Phi) is 5.48. The maximum atomic E-state index is 13.7. The van der Waals surface area contributed by atoms with Crippen LogP contribution in [0.15, 0.2) is 54.6 Å². The van der Waals surface area contributed by atoms with Crippen molar-refractivity contribution >= 4 is 46.0 Å². The monoisotopic (exact) mass is 530 g/mol. The van der Waals surface area contributed by atoms with Gasteiger partial charge in [0.15, 0.2) is 0 Å². The first-order valence-electron chi connectivity index (χ1n) is 10.5. The summed E-state index contributed by atoms with van der Waals surface area (Å²) in [6.07, 6.45) is 0.0109. The van der Waals surface area contributed by atoms with Gasteiger partial charge in [-0.05, 0) is 63.2 Å². The minimum atomic E-state index is -0.785. The van der Waals surface area contributed by atoms with E-state index in [2.05, 4.69) is 50.3 Å². The summed E-state index contributed by atoms with van der Waals surface area (Å²) in [5, 5.41) is 0. The summed E-state index contributed by atoms with van der Waals surface area (Å²) < 4.78 is 1.02. The van der Waals surface area contributed by atoms with Gasteiger partial charge in [-0.2, -0.15) is 0 Å². The van der Waals surface area contributed by atoms with Crippen LogP contribution in [0, 0.1) is 20.3 Å². The number of amides is 3. The van der Waals surface area contributed by atoms with E-state index in [4.69, 9.17) is 0 Å². The Morgan fingerprint density at radius 3 is 2.13 bits per heavy atom. The first kappa shape index (κ1) is 22.0. The zero-order chi connectivity index (χ0) is 22.6. The second-order valence-corrected chi connectivity index (χ2v) is 10.8. The number of carbonyl (C=O) groups excluding carboxylic acids is 3. The third-order valence-corrected chi connectivity index (χ3v) is 8.05. The molecule has 2 aromatic carbocycles. The van der Waals surface area contributed by atoms with Gasteiger partial charge in [0.05, 0.1) is 12.1 Å². The molecule has 1 saturated heterocycles. The summed E-state index contributed by atoms with van der Waals surface area (Å²) in [6.45, 7) is 8.68. The van der Waals surface area contributed by atoms with Crippen molar-refractivity contribution in [2.45, 2.75) is 46.7 Å². The summed E-state index contributed by atoms with van der Waals surface area (Å²) in [7, 11) is 0. The maximum Gasteiger partial charge on any atom is 0.257 e. The van der Waals surface area contributed by atoms with Crippen LogP contribution in [0.2, 0.25) is 0 Å².